The van der Waals surface area contributed by atoms with Crippen molar-refractivity contribution in [3.05, 3.63) is 0 Å². The molecule has 5 heteroatoms. The molecular weight excluding hydrogens is 198 g/mol. The summed E-state index contributed by atoms with van der Waals surface area (Å²) in [7, 11) is 0. The summed E-state index contributed by atoms with van der Waals surface area (Å²) in [6, 6.07) is -1.18. The van der Waals surface area contributed by atoms with Crippen LogP contribution in [0.25, 0.3) is 0 Å². The van der Waals surface area contributed by atoms with Crippen LogP contribution in [0, 0.1) is 0 Å². The van der Waals surface area contributed by atoms with Crippen LogP contribution in [0.1, 0.15) is 33.1 Å². The van der Waals surface area contributed by atoms with Crippen LogP contribution in [0.2, 0.25) is 0 Å². The second kappa shape index (κ2) is 5.11. The summed E-state index contributed by atoms with van der Waals surface area (Å²) in [6.07, 6.45) is 2.32. The molecule has 2 N–H and O–H groups in total. The summed E-state index contributed by atoms with van der Waals surface area (Å²) in [6.45, 7) is 3.54. The van der Waals surface area contributed by atoms with Crippen LogP contribution in [0.15, 0.2) is 0 Å². The van der Waals surface area contributed by atoms with Gasteiger partial charge in [0.1, 0.15) is 18.2 Å². The lowest BCUT2D eigenvalue weighted by molar-refractivity contribution is -0.144. The highest BCUT2D eigenvalue weighted by molar-refractivity contribution is 5.80. The van der Waals surface area contributed by atoms with Gasteiger partial charge in [0.2, 0.25) is 0 Å². The second-order valence-electron chi connectivity index (χ2n) is 3.86. The van der Waals surface area contributed by atoms with Crippen molar-refractivity contribution in [3.8, 4) is 0 Å². The van der Waals surface area contributed by atoms with Crippen LogP contribution < -0.4 is 5.32 Å². The van der Waals surface area contributed by atoms with E-state index >= 15 is 0 Å². The maximum Gasteiger partial charge on any atom is 0.323 e. The van der Waals surface area contributed by atoms with Crippen molar-refractivity contribution in [2.45, 2.75) is 51.3 Å². The first kappa shape index (κ1) is 12.0. The van der Waals surface area contributed by atoms with Gasteiger partial charge in [0, 0.05) is 6.42 Å². The Kier molecular flexibility index (Phi) is 4.08. The van der Waals surface area contributed by atoms with E-state index in [9.17, 15) is 9.59 Å². The molecule has 0 aliphatic carbocycles. The van der Waals surface area contributed by atoms with Gasteiger partial charge in [0.15, 0.2) is 0 Å². The number of hydrogen-bond acceptors (Lipinski definition) is 4. The number of esters is 1. The smallest absolute Gasteiger partial charge is 0.323 e. The molecule has 1 heterocycles. The number of carboxylic acid groups (broad SMARTS) is 1. The number of ether oxygens (including phenoxy) is 1. The molecule has 5 nitrogen and oxygen atoms in total. The van der Waals surface area contributed by atoms with E-state index in [-0.39, 0.29) is 12.1 Å². The summed E-state index contributed by atoms with van der Waals surface area (Å²) >= 11 is 0. The van der Waals surface area contributed by atoms with Gasteiger partial charge >= 0.3 is 11.9 Å². The molecule has 0 aromatic heterocycles. The Labute approximate surface area is 88.8 Å². The van der Waals surface area contributed by atoms with Crippen molar-refractivity contribution in [1.82, 2.24) is 5.32 Å². The van der Waals surface area contributed by atoms with Crippen molar-refractivity contribution in [3.63, 3.8) is 0 Å². The third kappa shape index (κ3) is 3.20. The fourth-order valence-corrected chi connectivity index (χ4v) is 1.66. The van der Waals surface area contributed by atoms with Gasteiger partial charge in [-0.1, -0.05) is 13.3 Å². The van der Waals surface area contributed by atoms with Crippen LogP contribution in [-0.4, -0.2) is 35.2 Å². The summed E-state index contributed by atoms with van der Waals surface area (Å²) in [4.78, 5) is 21.9. The molecule has 0 aromatic carbocycles. The first-order valence-corrected chi connectivity index (χ1v) is 5.24. The molecule has 3 atom stereocenters. The first-order chi connectivity index (χ1) is 7.04. The molecule has 1 aliphatic rings. The van der Waals surface area contributed by atoms with Crippen LogP contribution >= 0.6 is 0 Å². The van der Waals surface area contributed by atoms with E-state index in [1.165, 1.54) is 6.92 Å². The van der Waals surface area contributed by atoms with Gasteiger partial charge in [-0.25, -0.2) is 0 Å². The monoisotopic (exact) mass is 215 g/mol. The molecular formula is C10H17NO4. The standard InChI is InChI=1S/C10H17NO4/c1-3-4-7-5-8(10(14)15-7)11-6(2)9(12)13/h6-8,11H,3-5H2,1-2H3,(H,12,13)/t6-,7?,8?/m0/s1. The fourth-order valence-electron chi connectivity index (χ4n) is 1.66. The summed E-state index contributed by atoms with van der Waals surface area (Å²) < 4.78 is 5.10. The molecule has 1 fully saturated rings. The van der Waals surface area contributed by atoms with Crippen LogP contribution in [0.5, 0.6) is 0 Å². The molecule has 0 bridgehead atoms. The quantitative estimate of drug-likeness (QED) is 0.654. The summed E-state index contributed by atoms with van der Waals surface area (Å²) in [5.74, 6) is -1.29. The summed E-state index contributed by atoms with van der Waals surface area (Å²) in [5, 5.41) is 11.4. The number of carbonyl (C=O) groups is 2. The fraction of sp³-hybridized carbons (Fsp3) is 0.800. The zero-order valence-electron chi connectivity index (χ0n) is 9.03. The van der Waals surface area contributed by atoms with Crippen LogP contribution in [0.3, 0.4) is 0 Å². The van der Waals surface area contributed by atoms with Crippen LogP contribution in [0.4, 0.5) is 0 Å². The molecule has 1 rings (SSSR count). The molecule has 1 aliphatic heterocycles. The molecule has 0 radical (unpaired) electrons. The average molecular weight is 215 g/mol. The Morgan fingerprint density at radius 3 is 2.93 bits per heavy atom. The Morgan fingerprint density at radius 2 is 2.40 bits per heavy atom. The lowest BCUT2D eigenvalue weighted by atomic mass is 10.1. The number of rotatable bonds is 5. The SMILES string of the molecule is CCCC1CC(N[C@@H](C)C(=O)O)C(=O)O1. The predicted octanol–water partition coefficient (Wildman–Crippen LogP) is 0.533. The number of carboxylic acids is 1. The van der Waals surface area contributed by atoms with Gasteiger partial charge < -0.3 is 9.84 Å². The molecule has 0 spiro atoms. The maximum atomic E-state index is 11.3. The zero-order chi connectivity index (χ0) is 11.4. The van der Waals surface area contributed by atoms with E-state index in [0.717, 1.165) is 12.8 Å². The van der Waals surface area contributed by atoms with Crippen molar-refractivity contribution in [2.24, 2.45) is 0 Å². The highest BCUT2D eigenvalue weighted by atomic mass is 16.6. The molecule has 86 valence electrons. The van der Waals surface area contributed by atoms with E-state index in [1.54, 1.807) is 0 Å². The minimum absolute atomic E-state index is 0.0546. The molecule has 2 unspecified atom stereocenters. The van der Waals surface area contributed by atoms with Crippen molar-refractivity contribution in [1.29, 1.82) is 0 Å². The Morgan fingerprint density at radius 1 is 1.73 bits per heavy atom. The molecule has 0 aromatic rings. The number of carbonyl (C=O) groups excluding carboxylic acids is 1. The Hall–Kier alpha value is -1.10. The number of hydrogen-bond donors (Lipinski definition) is 2. The van der Waals surface area contributed by atoms with Gasteiger partial charge in [0.25, 0.3) is 0 Å². The van der Waals surface area contributed by atoms with Crippen molar-refractivity contribution >= 4 is 11.9 Å². The Balaban J connectivity index is 2.43. The number of aliphatic carboxylic acids is 1. The number of nitrogens with one attached hydrogen (secondary N) is 1. The third-order valence-corrected chi connectivity index (χ3v) is 2.50. The van der Waals surface area contributed by atoms with Gasteiger partial charge in [0.05, 0.1) is 0 Å². The van der Waals surface area contributed by atoms with Gasteiger partial charge in [-0.2, -0.15) is 0 Å². The summed E-state index contributed by atoms with van der Waals surface area (Å²) in [5.41, 5.74) is 0. The lowest BCUT2D eigenvalue weighted by Crippen LogP contribution is -2.43. The topological polar surface area (TPSA) is 75.6 Å². The van der Waals surface area contributed by atoms with Crippen molar-refractivity contribution < 1.29 is 19.4 Å². The Bertz CT molecular complexity index is 254. The largest absolute Gasteiger partial charge is 0.480 e. The van der Waals surface area contributed by atoms with E-state index in [1.807, 2.05) is 6.92 Å². The van der Waals surface area contributed by atoms with Gasteiger partial charge in [-0.3, -0.25) is 14.9 Å². The number of cyclic esters (lactones) is 1. The average Bonchev–Trinajstić information content (AvgIpc) is 2.47. The lowest BCUT2D eigenvalue weighted by Gasteiger charge is -2.12. The van der Waals surface area contributed by atoms with E-state index in [4.69, 9.17) is 9.84 Å². The molecule has 0 saturated carbocycles. The molecule has 1 saturated heterocycles. The predicted molar refractivity (Wildman–Crippen MR) is 53.4 cm³/mol. The van der Waals surface area contributed by atoms with Crippen LogP contribution in [-0.2, 0) is 14.3 Å². The molecule has 0 amide bonds. The van der Waals surface area contributed by atoms with E-state index in [0.29, 0.717) is 6.42 Å². The van der Waals surface area contributed by atoms with Gasteiger partial charge in [-0.05, 0) is 13.3 Å². The van der Waals surface area contributed by atoms with E-state index < -0.39 is 18.1 Å². The third-order valence-electron chi connectivity index (χ3n) is 2.50. The highest BCUT2D eigenvalue weighted by Crippen LogP contribution is 2.19. The molecule has 15 heavy (non-hydrogen) atoms. The van der Waals surface area contributed by atoms with Crippen molar-refractivity contribution in [2.75, 3.05) is 0 Å². The van der Waals surface area contributed by atoms with Gasteiger partial charge in [-0.15, -0.1) is 0 Å². The minimum Gasteiger partial charge on any atom is -0.480 e. The first-order valence-electron chi connectivity index (χ1n) is 5.24. The highest BCUT2D eigenvalue weighted by Gasteiger charge is 2.35. The second-order valence-corrected chi connectivity index (χ2v) is 3.86. The normalized spacial score (nSPS) is 27.5. The minimum atomic E-state index is -0.957. The van der Waals surface area contributed by atoms with E-state index in [2.05, 4.69) is 5.32 Å². The maximum absolute atomic E-state index is 11.3. The zero-order valence-corrected chi connectivity index (χ0v) is 9.03.